The largest absolute Gasteiger partial charge is 0.497 e. The predicted molar refractivity (Wildman–Crippen MR) is 102 cm³/mol. The highest BCUT2D eigenvalue weighted by Crippen LogP contribution is 2.33. The smallest absolute Gasteiger partial charge is 0.259 e. The lowest BCUT2D eigenvalue weighted by Gasteiger charge is -2.18. The van der Waals surface area contributed by atoms with Gasteiger partial charge in [0, 0.05) is 23.6 Å². The van der Waals surface area contributed by atoms with Gasteiger partial charge in [0.05, 0.1) is 24.8 Å². The summed E-state index contributed by atoms with van der Waals surface area (Å²) < 4.78 is 10.5. The fourth-order valence-electron chi connectivity index (χ4n) is 3.24. The second kappa shape index (κ2) is 6.50. The molecule has 0 atom stereocenters. The van der Waals surface area contributed by atoms with Gasteiger partial charge in [0.15, 0.2) is 0 Å². The molecule has 1 aromatic heterocycles. The van der Waals surface area contributed by atoms with E-state index in [0.29, 0.717) is 40.0 Å². The van der Waals surface area contributed by atoms with E-state index in [-0.39, 0.29) is 5.91 Å². The van der Waals surface area contributed by atoms with Crippen LogP contribution < -0.4 is 14.4 Å². The van der Waals surface area contributed by atoms with Crippen molar-refractivity contribution in [1.29, 1.82) is 0 Å². The highest BCUT2D eigenvalue weighted by Gasteiger charge is 2.28. The molecule has 0 spiro atoms. The van der Waals surface area contributed by atoms with Crippen LogP contribution in [0.5, 0.6) is 11.5 Å². The van der Waals surface area contributed by atoms with Crippen molar-refractivity contribution < 1.29 is 14.3 Å². The molecule has 1 aliphatic rings. The third kappa shape index (κ3) is 2.74. The van der Waals surface area contributed by atoms with Gasteiger partial charge in [-0.25, -0.2) is 4.98 Å². The van der Waals surface area contributed by atoms with Crippen LogP contribution in [0.15, 0.2) is 42.5 Å². The molecule has 0 saturated heterocycles. The summed E-state index contributed by atoms with van der Waals surface area (Å²) in [5, 5.41) is 1.56. The SMILES string of the molecule is COc1cc(OC)cc(C(=O)N2CCc3cc4cccc(Cl)c4nc32)c1. The summed E-state index contributed by atoms with van der Waals surface area (Å²) in [6, 6.07) is 12.9. The first-order chi connectivity index (χ1) is 12.6. The van der Waals surface area contributed by atoms with E-state index in [4.69, 9.17) is 21.1 Å². The summed E-state index contributed by atoms with van der Waals surface area (Å²) in [6.07, 6.45) is 0.762. The van der Waals surface area contributed by atoms with Crippen molar-refractivity contribution in [2.75, 3.05) is 25.7 Å². The standard InChI is InChI=1S/C20H17ClN2O3/c1-25-15-9-14(10-16(11-15)26-2)20(24)23-7-6-13-8-12-4-3-5-17(21)18(12)22-19(13)23/h3-5,8-11H,6-7H2,1-2H3. The van der Waals surface area contributed by atoms with Gasteiger partial charge in [-0.1, -0.05) is 23.7 Å². The zero-order valence-electron chi connectivity index (χ0n) is 14.5. The third-order valence-electron chi connectivity index (χ3n) is 4.56. The Hall–Kier alpha value is -2.79. The van der Waals surface area contributed by atoms with Crippen LogP contribution in [0.2, 0.25) is 5.02 Å². The van der Waals surface area contributed by atoms with E-state index in [1.54, 1.807) is 43.4 Å². The molecule has 0 aliphatic carbocycles. The molecule has 26 heavy (non-hydrogen) atoms. The van der Waals surface area contributed by atoms with Gasteiger partial charge in [-0.15, -0.1) is 0 Å². The van der Waals surface area contributed by atoms with Gasteiger partial charge < -0.3 is 9.47 Å². The number of anilines is 1. The first kappa shape index (κ1) is 16.7. The number of amides is 1. The highest BCUT2D eigenvalue weighted by atomic mass is 35.5. The van der Waals surface area contributed by atoms with Gasteiger partial charge in [-0.05, 0) is 36.2 Å². The molecule has 4 rings (SSSR count). The fourth-order valence-corrected chi connectivity index (χ4v) is 3.46. The van der Waals surface area contributed by atoms with Crippen LogP contribution in [0.4, 0.5) is 5.82 Å². The Morgan fingerprint density at radius 1 is 1.12 bits per heavy atom. The lowest BCUT2D eigenvalue weighted by Crippen LogP contribution is -2.29. The number of methoxy groups -OCH3 is 2. The zero-order chi connectivity index (χ0) is 18.3. The molecule has 0 bridgehead atoms. The van der Waals surface area contributed by atoms with Gasteiger partial charge in [0.25, 0.3) is 5.91 Å². The summed E-state index contributed by atoms with van der Waals surface area (Å²) in [6.45, 7) is 0.578. The van der Waals surface area contributed by atoms with Crippen molar-refractivity contribution in [2.45, 2.75) is 6.42 Å². The lowest BCUT2D eigenvalue weighted by molar-refractivity contribution is 0.0988. The van der Waals surface area contributed by atoms with Crippen LogP contribution in [0.1, 0.15) is 15.9 Å². The van der Waals surface area contributed by atoms with Gasteiger partial charge in [-0.3, -0.25) is 9.69 Å². The van der Waals surface area contributed by atoms with E-state index in [9.17, 15) is 4.79 Å². The maximum absolute atomic E-state index is 13.1. The number of carbonyl (C=O) groups is 1. The average molecular weight is 369 g/mol. The third-order valence-corrected chi connectivity index (χ3v) is 4.86. The van der Waals surface area contributed by atoms with E-state index < -0.39 is 0 Å². The molecule has 0 saturated carbocycles. The molecule has 2 aromatic carbocycles. The highest BCUT2D eigenvalue weighted by molar-refractivity contribution is 6.35. The first-order valence-electron chi connectivity index (χ1n) is 8.24. The van der Waals surface area contributed by atoms with Crippen LogP contribution in [-0.2, 0) is 6.42 Å². The molecule has 132 valence electrons. The summed E-state index contributed by atoms with van der Waals surface area (Å²) in [4.78, 5) is 19.5. The van der Waals surface area contributed by atoms with E-state index in [1.807, 2.05) is 12.1 Å². The molecule has 5 nitrogen and oxygen atoms in total. The van der Waals surface area contributed by atoms with Crippen LogP contribution >= 0.6 is 11.6 Å². The van der Waals surface area contributed by atoms with Crippen molar-refractivity contribution in [3.05, 3.63) is 58.6 Å². The number of fused-ring (bicyclic) bond motifs is 2. The summed E-state index contributed by atoms with van der Waals surface area (Å²) >= 11 is 6.28. The molecular formula is C20H17ClN2O3. The van der Waals surface area contributed by atoms with Crippen LogP contribution in [-0.4, -0.2) is 31.7 Å². The van der Waals surface area contributed by atoms with Crippen molar-refractivity contribution in [3.63, 3.8) is 0 Å². The number of aromatic nitrogens is 1. The predicted octanol–water partition coefficient (Wildman–Crippen LogP) is 4.11. The van der Waals surface area contributed by atoms with Crippen molar-refractivity contribution in [2.24, 2.45) is 0 Å². The molecule has 3 aromatic rings. The van der Waals surface area contributed by atoms with Crippen molar-refractivity contribution in [1.82, 2.24) is 4.98 Å². The van der Waals surface area contributed by atoms with Gasteiger partial charge in [-0.2, -0.15) is 0 Å². The summed E-state index contributed by atoms with van der Waals surface area (Å²) in [5.41, 5.74) is 2.24. The fraction of sp³-hybridized carbons (Fsp3) is 0.200. The Morgan fingerprint density at radius 2 is 1.85 bits per heavy atom. The summed E-state index contributed by atoms with van der Waals surface area (Å²) in [7, 11) is 3.12. The van der Waals surface area contributed by atoms with E-state index in [0.717, 1.165) is 17.4 Å². The van der Waals surface area contributed by atoms with E-state index in [2.05, 4.69) is 11.1 Å². The molecule has 1 amide bonds. The maximum atomic E-state index is 13.1. The molecule has 1 aliphatic heterocycles. The van der Waals surface area contributed by atoms with Crippen LogP contribution in [0, 0.1) is 0 Å². The topological polar surface area (TPSA) is 51.7 Å². The number of hydrogen-bond donors (Lipinski definition) is 0. The van der Waals surface area contributed by atoms with Crippen LogP contribution in [0.3, 0.4) is 0 Å². The number of benzene rings is 2. The lowest BCUT2D eigenvalue weighted by atomic mass is 10.1. The Labute approximate surface area is 156 Å². The number of nitrogens with zero attached hydrogens (tertiary/aromatic N) is 2. The van der Waals surface area contributed by atoms with Crippen LogP contribution in [0.25, 0.3) is 10.9 Å². The number of ether oxygens (including phenoxy) is 2. The minimum atomic E-state index is -0.139. The quantitative estimate of drug-likeness (QED) is 0.698. The van der Waals surface area contributed by atoms with Crippen molar-refractivity contribution in [3.8, 4) is 11.5 Å². The number of hydrogen-bond acceptors (Lipinski definition) is 4. The number of rotatable bonds is 3. The first-order valence-corrected chi connectivity index (χ1v) is 8.61. The zero-order valence-corrected chi connectivity index (χ0v) is 15.2. The van der Waals surface area contributed by atoms with Gasteiger partial charge in [0.2, 0.25) is 0 Å². The molecule has 0 radical (unpaired) electrons. The minimum absolute atomic E-state index is 0.139. The van der Waals surface area contributed by atoms with Crippen molar-refractivity contribution >= 4 is 34.2 Å². The Bertz CT molecular complexity index is 997. The second-order valence-electron chi connectivity index (χ2n) is 6.09. The number of para-hydroxylation sites is 1. The second-order valence-corrected chi connectivity index (χ2v) is 6.50. The molecule has 0 N–H and O–H groups in total. The molecule has 2 heterocycles. The Kier molecular flexibility index (Phi) is 4.17. The van der Waals surface area contributed by atoms with E-state index in [1.165, 1.54) is 0 Å². The Balaban J connectivity index is 1.77. The minimum Gasteiger partial charge on any atom is -0.497 e. The monoisotopic (exact) mass is 368 g/mol. The average Bonchev–Trinajstić information content (AvgIpc) is 3.08. The summed E-state index contributed by atoms with van der Waals surface area (Å²) in [5.74, 6) is 1.67. The molecule has 0 fully saturated rings. The van der Waals surface area contributed by atoms with Gasteiger partial charge in [0.1, 0.15) is 17.3 Å². The van der Waals surface area contributed by atoms with E-state index >= 15 is 0 Å². The Morgan fingerprint density at radius 3 is 2.54 bits per heavy atom. The molecule has 0 unspecified atom stereocenters. The van der Waals surface area contributed by atoms with Gasteiger partial charge >= 0.3 is 0 Å². The number of halogens is 1. The number of carbonyl (C=O) groups excluding carboxylic acids is 1. The normalized spacial score (nSPS) is 13.0. The maximum Gasteiger partial charge on any atom is 0.259 e. The molecule has 6 heteroatoms. The molecular weight excluding hydrogens is 352 g/mol. The number of pyridine rings is 1.